The van der Waals surface area contributed by atoms with Crippen molar-refractivity contribution in [1.82, 2.24) is 0 Å². The fourth-order valence-electron chi connectivity index (χ4n) is 1.83. The molecule has 5 nitrogen and oxygen atoms in total. The molecule has 24 heavy (non-hydrogen) atoms. The van der Waals surface area contributed by atoms with Crippen molar-refractivity contribution in [2.75, 3.05) is 25.6 Å². The van der Waals surface area contributed by atoms with E-state index in [1.807, 2.05) is 18.2 Å². The highest BCUT2D eigenvalue weighted by Crippen LogP contribution is 2.25. The zero-order chi connectivity index (χ0) is 17.4. The van der Waals surface area contributed by atoms with Crippen LogP contribution in [0.1, 0.15) is 12.5 Å². The standard InChI is InChI=1S/C16H18O5S3/c1-16(10-20-14(18)21-11-16)13(17)19-7-8-23-15(22)24-9-12-5-3-2-4-6-12/h2-6H,7-11H2,1H3. The molecular weight excluding hydrogens is 368 g/mol. The van der Waals surface area contributed by atoms with Gasteiger partial charge in [-0.2, -0.15) is 0 Å². The minimum atomic E-state index is -0.943. The summed E-state index contributed by atoms with van der Waals surface area (Å²) in [4.78, 5) is 22.9. The van der Waals surface area contributed by atoms with Crippen molar-refractivity contribution in [1.29, 1.82) is 0 Å². The number of ether oxygens (including phenoxy) is 3. The van der Waals surface area contributed by atoms with Crippen LogP contribution in [-0.2, 0) is 24.8 Å². The Hall–Kier alpha value is -1.25. The van der Waals surface area contributed by atoms with Crippen LogP contribution in [0.2, 0.25) is 0 Å². The molecule has 1 aliphatic heterocycles. The van der Waals surface area contributed by atoms with Crippen LogP contribution in [0.5, 0.6) is 0 Å². The quantitative estimate of drug-likeness (QED) is 0.417. The van der Waals surface area contributed by atoms with Crippen LogP contribution in [0, 0.1) is 5.41 Å². The lowest BCUT2D eigenvalue weighted by molar-refractivity contribution is -0.165. The van der Waals surface area contributed by atoms with Crippen molar-refractivity contribution in [3.8, 4) is 0 Å². The van der Waals surface area contributed by atoms with Crippen molar-refractivity contribution in [2.45, 2.75) is 12.7 Å². The van der Waals surface area contributed by atoms with Crippen molar-refractivity contribution in [3.05, 3.63) is 35.9 Å². The van der Waals surface area contributed by atoms with Gasteiger partial charge in [0.1, 0.15) is 28.8 Å². The second-order valence-corrected chi connectivity index (χ2v) is 8.67. The molecule has 0 unspecified atom stereocenters. The SMILES string of the molecule is CC1(C(=O)OCCSC(=S)SCc2ccccc2)COC(=O)OC1. The van der Waals surface area contributed by atoms with E-state index in [-0.39, 0.29) is 19.8 Å². The molecule has 130 valence electrons. The molecule has 0 radical (unpaired) electrons. The topological polar surface area (TPSA) is 61.8 Å². The third-order valence-corrected chi connectivity index (χ3v) is 5.98. The normalized spacial score (nSPS) is 16.0. The highest BCUT2D eigenvalue weighted by Gasteiger charge is 2.41. The van der Waals surface area contributed by atoms with Gasteiger partial charge in [-0.1, -0.05) is 42.5 Å². The maximum atomic E-state index is 12.0. The van der Waals surface area contributed by atoms with E-state index in [4.69, 9.17) is 26.4 Å². The van der Waals surface area contributed by atoms with Gasteiger partial charge in [-0.3, -0.25) is 4.79 Å². The number of esters is 1. The first kappa shape index (κ1) is 19.1. The Labute approximate surface area is 154 Å². The molecule has 0 aliphatic carbocycles. The average Bonchev–Trinajstić information content (AvgIpc) is 2.60. The van der Waals surface area contributed by atoms with Crippen molar-refractivity contribution in [2.24, 2.45) is 5.41 Å². The van der Waals surface area contributed by atoms with Crippen LogP contribution < -0.4 is 0 Å². The molecule has 0 saturated carbocycles. The van der Waals surface area contributed by atoms with Gasteiger partial charge in [-0.15, -0.1) is 23.5 Å². The first-order valence-corrected chi connectivity index (χ1v) is 9.68. The minimum absolute atomic E-state index is 0.0247. The number of thioether (sulfide) groups is 2. The molecule has 1 heterocycles. The first-order valence-electron chi connectivity index (χ1n) is 7.30. The average molecular weight is 387 g/mol. The minimum Gasteiger partial charge on any atom is -0.464 e. The Kier molecular flexibility index (Phi) is 7.39. The first-order chi connectivity index (χ1) is 11.5. The smallest absolute Gasteiger partial charge is 0.464 e. The highest BCUT2D eigenvalue weighted by atomic mass is 32.2. The predicted octanol–water partition coefficient (Wildman–Crippen LogP) is 3.65. The largest absolute Gasteiger partial charge is 0.508 e. The molecule has 2 rings (SSSR count). The second kappa shape index (κ2) is 9.29. The number of rotatable bonds is 6. The Balaban J connectivity index is 1.61. The van der Waals surface area contributed by atoms with Gasteiger partial charge in [0.2, 0.25) is 0 Å². The molecule has 1 aromatic rings. The molecule has 0 amide bonds. The lowest BCUT2D eigenvalue weighted by Gasteiger charge is -2.29. The second-order valence-electron chi connectivity index (χ2n) is 5.40. The van der Waals surface area contributed by atoms with E-state index in [0.717, 1.165) is 9.28 Å². The van der Waals surface area contributed by atoms with Crippen LogP contribution in [0.25, 0.3) is 0 Å². The van der Waals surface area contributed by atoms with Gasteiger partial charge in [-0.05, 0) is 12.5 Å². The molecule has 8 heteroatoms. The van der Waals surface area contributed by atoms with Crippen LogP contribution in [0.3, 0.4) is 0 Å². The molecule has 0 atom stereocenters. The van der Waals surface area contributed by atoms with Crippen molar-refractivity contribution < 1.29 is 23.8 Å². The monoisotopic (exact) mass is 386 g/mol. The third kappa shape index (κ3) is 5.99. The third-order valence-electron chi connectivity index (χ3n) is 3.25. The van der Waals surface area contributed by atoms with E-state index in [1.54, 1.807) is 18.7 Å². The number of carbonyl (C=O) groups excluding carboxylic acids is 2. The Morgan fingerprint density at radius 2 is 1.92 bits per heavy atom. The van der Waals surface area contributed by atoms with Crippen LogP contribution >= 0.6 is 35.7 Å². The van der Waals surface area contributed by atoms with Crippen LogP contribution in [0.4, 0.5) is 4.79 Å². The molecule has 0 bridgehead atoms. The maximum absolute atomic E-state index is 12.0. The van der Waals surface area contributed by atoms with Gasteiger partial charge < -0.3 is 14.2 Å². The molecule has 1 aliphatic rings. The molecule has 0 aromatic heterocycles. The number of hydrogen-bond donors (Lipinski definition) is 0. The van der Waals surface area contributed by atoms with Gasteiger partial charge in [0.15, 0.2) is 0 Å². The summed E-state index contributed by atoms with van der Waals surface area (Å²) in [5.74, 6) is 0.981. The van der Waals surface area contributed by atoms with E-state index >= 15 is 0 Å². The fraction of sp³-hybridized carbons (Fsp3) is 0.438. The van der Waals surface area contributed by atoms with Crippen LogP contribution in [-0.4, -0.2) is 41.2 Å². The predicted molar refractivity (Wildman–Crippen MR) is 99.2 cm³/mol. The van der Waals surface area contributed by atoms with Gasteiger partial charge in [0.05, 0.1) is 0 Å². The van der Waals surface area contributed by atoms with E-state index in [2.05, 4.69) is 12.1 Å². The van der Waals surface area contributed by atoms with E-state index in [9.17, 15) is 9.59 Å². The number of hydrogen-bond acceptors (Lipinski definition) is 8. The summed E-state index contributed by atoms with van der Waals surface area (Å²) in [5, 5.41) is 0. The molecule has 0 spiro atoms. The fourth-order valence-corrected chi connectivity index (χ4v) is 3.83. The zero-order valence-electron chi connectivity index (χ0n) is 13.2. The lowest BCUT2D eigenvalue weighted by atomic mass is 9.93. The summed E-state index contributed by atoms with van der Waals surface area (Å²) < 4.78 is 15.5. The van der Waals surface area contributed by atoms with E-state index in [0.29, 0.717) is 5.75 Å². The van der Waals surface area contributed by atoms with Gasteiger partial charge in [0, 0.05) is 11.5 Å². The molecule has 1 aromatic carbocycles. The van der Waals surface area contributed by atoms with E-state index < -0.39 is 17.5 Å². The van der Waals surface area contributed by atoms with E-state index in [1.165, 1.54) is 17.3 Å². The molecule has 1 saturated heterocycles. The summed E-state index contributed by atoms with van der Waals surface area (Å²) in [5.41, 5.74) is 0.276. The number of carbonyl (C=O) groups is 2. The Bertz CT molecular complexity index is 581. The van der Waals surface area contributed by atoms with Gasteiger partial charge in [0.25, 0.3) is 0 Å². The maximum Gasteiger partial charge on any atom is 0.508 e. The number of thiocarbonyl (C=S) groups is 1. The highest BCUT2D eigenvalue weighted by molar-refractivity contribution is 8.46. The summed E-state index contributed by atoms with van der Waals surface area (Å²) in [6.07, 6.45) is -0.753. The van der Waals surface area contributed by atoms with Crippen LogP contribution in [0.15, 0.2) is 30.3 Å². The lowest BCUT2D eigenvalue weighted by Crippen LogP contribution is -2.44. The Morgan fingerprint density at radius 1 is 1.25 bits per heavy atom. The van der Waals surface area contributed by atoms with Gasteiger partial charge >= 0.3 is 12.1 Å². The molecular formula is C16H18O5S3. The summed E-state index contributed by atoms with van der Waals surface area (Å²) in [6.45, 7) is 1.85. The molecule has 1 fully saturated rings. The summed E-state index contributed by atoms with van der Waals surface area (Å²) in [6, 6.07) is 10.1. The zero-order valence-corrected chi connectivity index (χ0v) is 15.6. The van der Waals surface area contributed by atoms with Crippen molar-refractivity contribution >= 4 is 51.4 Å². The Morgan fingerprint density at radius 3 is 2.58 bits per heavy atom. The molecule has 0 N–H and O–H groups in total. The van der Waals surface area contributed by atoms with Crippen molar-refractivity contribution in [3.63, 3.8) is 0 Å². The van der Waals surface area contributed by atoms with Gasteiger partial charge in [-0.25, -0.2) is 4.79 Å². The number of benzene rings is 1. The summed E-state index contributed by atoms with van der Waals surface area (Å²) >= 11 is 8.38. The number of cyclic esters (lactones) is 2. The summed E-state index contributed by atoms with van der Waals surface area (Å²) in [7, 11) is 0.